The van der Waals surface area contributed by atoms with Crippen molar-refractivity contribution in [3.63, 3.8) is 0 Å². The Morgan fingerprint density at radius 1 is 0.833 bits per heavy atom. The maximum Gasteiger partial charge on any atom is 0.246 e. The van der Waals surface area contributed by atoms with Crippen LogP contribution < -0.4 is 5.32 Å². The van der Waals surface area contributed by atoms with Gasteiger partial charge in [-0.1, -0.05) is 89.2 Å². The molecular formula is C26H20ClN7OS. The number of thioether (sulfide) groups is 1. The van der Waals surface area contributed by atoms with Crippen molar-refractivity contribution in [2.24, 2.45) is 0 Å². The van der Waals surface area contributed by atoms with Crippen LogP contribution in [0.2, 0.25) is 5.02 Å². The topological polar surface area (TPSA) is 98.5 Å². The van der Waals surface area contributed by atoms with Gasteiger partial charge in [0.05, 0.1) is 5.69 Å². The molecule has 5 aromatic rings. The molecule has 0 saturated carbocycles. The molecule has 0 unspecified atom stereocenters. The molecule has 0 atom stereocenters. The molecule has 10 heteroatoms. The molecule has 2 heterocycles. The van der Waals surface area contributed by atoms with E-state index in [1.165, 1.54) is 16.4 Å². The van der Waals surface area contributed by atoms with Crippen LogP contribution in [0.1, 0.15) is 5.69 Å². The third-order valence-electron chi connectivity index (χ3n) is 5.13. The van der Waals surface area contributed by atoms with Crippen molar-refractivity contribution in [2.75, 3.05) is 5.32 Å². The lowest BCUT2D eigenvalue weighted by molar-refractivity contribution is -0.116. The largest absolute Gasteiger partial charge is 0.324 e. The third kappa shape index (κ3) is 5.94. The van der Waals surface area contributed by atoms with Crippen molar-refractivity contribution in [1.82, 2.24) is 30.2 Å². The molecule has 36 heavy (non-hydrogen) atoms. The Morgan fingerprint density at radius 2 is 1.50 bits per heavy atom. The number of hydrogen-bond donors (Lipinski definition) is 1. The maximum absolute atomic E-state index is 12.3. The highest BCUT2D eigenvalue weighted by Crippen LogP contribution is 2.30. The first-order chi connectivity index (χ1) is 17.6. The van der Waals surface area contributed by atoms with E-state index in [0.29, 0.717) is 27.3 Å². The van der Waals surface area contributed by atoms with Crippen LogP contribution >= 0.6 is 23.4 Å². The van der Waals surface area contributed by atoms with Crippen LogP contribution in [0.15, 0.2) is 96.3 Å². The summed E-state index contributed by atoms with van der Waals surface area (Å²) >= 11 is 7.29. The molecule has 1 amide bonds. The third-order valence-corrected chi connectivity index (χ3v) is 6.25. The number of carbonyl (C=O) groups excluding carboxylic acids is 1. The van der Waals surface area contributed by atoms with E-state index in [9.17, 15) is 4.79 Å². The highest BCUT2D eigenvalue weighted by molar-refractivity contribution is 7.98. The quantitative estimate of drug-likeness (QED) is 0.278. The first kappa shape index (κ1) is 23.7. The fourth-order valence-electron chi connectivity index (χ4n) is 3.46. The average Bonchev–Trinajstić information content (AvgIpc) is 3.36. The number of amides is 1. The number of nitrogens with zero attached hydrogens (tertiary/aromatic N) is 6. The van der Waals surface area contributed by atoms with Gasteiger partial charge in [-0.05, 0) is 24.3 Å². The Labute approximate surface area is 216 Å². The summed E-state index contributed by atoms with van der Waals surface area (Å²) in [5.41, 5.74) is 4.78. The van der Waals surface area contributed by atoms with Gasteiger partial charge in [-0.15, -0.1) is 15.3 Å². The second kappa shape index (κ2) is 11.1. The Bertz CT molecular complexity index is 1460. The minimum absolute atomic E-state index is 0.0439. The van der Waals surface area contributed by atoms with E-state index < -0.39 is 0 Å². The summed E-state index contributed by atoms with van der Waals surface area (Å²) in [7, 11) is 0. The highest BCUT2D eigenvalue weighted by atomic mass is 35.5. The summed E-state index contributed by atoms with van der Waals surface area (Å²) in [6.45, 7) is 0.0439. The molecule has 0 aliphatic heterocycles. The molecule has 0 aliphatic rings. The van der Waals surface area contributed by atoms with E-state index in [-0.39, 0.29) is 12.5 Å². The van der Waals surface area contributed by atoms with Gasteiger partial charge in [-0.3, -0.25) is 4.79 Å². The lowest BCUT2D eigenvalue weighted by atomic mass is 10.0. The van der Waals surface area contributed by atoms with Gasteiger partial charge in [0.2, 0.25) is 11.1 Å². The van der Waals surface area contributed by atoms with Crippen molar-refractivity contribution in [3.8, 4) is 22.5 Å². The molecule has 3 aromatic carbocycles. The van der Waals surface area contributed by atoms with Crippen molar-refractivity contribution < 1.29 is 4.79 Å². The molecule has 2 aromatic heterocycles. The van der Waals surface area contributed by atoms with E-state index in [0.717, 1.165) is 22.5 Å². The number of rotatable bonds is 8. The summed E-state index contributed by atoms with van der Waals surface area (Å²) in [5, 5.41) is 21.0. The molecule has 0 saturated heterocycles. The summed E-state index contributed by atoms with van der Waals surface area (Å²) in [6, 6.07) is 26.7. The fraction of sp³-hybridized carbons (Fsp3) is 0.0769. The summed E-state index contributed by atoms with van der Waals surface area (Å²) in [4.78, 5) is 17.1. The van der Waals surface area contributed by atoms with Crippen molar-refractivity contribution >= 4 is 35.0 Å². The normalized spacial score (nSPS) is 10.8. The van der Waals surface area contributed by atoms with Crippen LogP contribution in [0.3, 0.4) is 0 Å². The number of anilines is 1. The zero-order valence-electron chi connectivity index (χ0n) is 19.0. The van der Waals surface area contributed by atoms with Gasteiger partial charge in [-0.25, -0.2) is 9.67 Å². The van der Waals surface area contributed by atoms with Crippen LogP contribution in [0.25, 0.3) is 22.5 Å². The molecule has 5 rings (SSSR count). The minimum atomic E-state index is -0.210. The number of nitrogens with one attached hydrogen (secondary N) is 1. The molecule has 0 aliphatic carbocycles. The zero-order valence-corrected chi connectivity index (χ0v) is 20.5. The van der Waals surface area contributed by atoms with Crippen LogP contribution in [0.5, 0.6) is 0 Å². The standard InChI is InChI=1S/C26H20ClN7OS/c27-20-11-13-21(14-12-20)28-23(35)16-34-15-22(30-33-34)17-36-26-29-24(18-7-3-1-4-8-18)25(31-32-26)19-9-5-2-6-10-19/h1-15H,16-17H2,(H,28,35). The maximum atomic E-state index is 12.3. The number of benzene rings is 3. The summed E-state index contributed by atoms with van der Waals surface area (Å²) < 4.78 is 1.49. The first-order valence-corrected chi connectivity index (χ1v) is 12.4. The van der Waals surface area contributed by atoms with Crippen molar-refractivity contribution in [1.29, 1.82) is 0 Å². The Hall–Kier alpha value is -4.08. The van der Waals surface area contributed by atoms with Gasteiger partial charge in [-0.2, -0.15) is 0 Å². The Morgan fingerprint density at radius 3 is 2.19 bits per heavy atom. The van der Waals surface area contributed by atoms with Crippen molar-refractivity contribution in [3.05, 3.63) is 102 Å². The molecule has 0 radical (unpaired) electrons. The number of carbonyl (C=O) groups is 1. The Kier molecular flexibility index (Phi) is 7.30. The predicted octanol–water partition coefficient (Wildman–Crippen LogP) is 5.38. The molecule has 178 valence electrons. The van der Waals surface area contributed by atoms with Gasteiger partial charge in [0.1, 0.15) is 17.9 Å². The lowest BCUT2D eigenvalue weighted by Crippen LogP contribution is -2.19. The van der Waals surface area contributed by atoms with E-state index in [1.54, 1.807) is 30.5 Å². The summed E-state index contributed by atoms with van der Waals surface area (Å²) in [6.07, 6.45) is 1.73. The van der Waals surface area contributed by atoms with Gasteiger partial charge in [0, 0.05) is 33.8 Å². The molecule has 0 bridgehead atoms. The molecule has 0 spiro atoms. The first-order valence-electron chi connectivity index (χ1n) is 11.1. The molecular weight excluding hydrogens is 494 g/mol. The lowest BCUT2D eigenvalue weighted by Gasteiger charge is -2.09. The Balaban J connectivity index is 1.26. The number of hydrogen-bond acceptors (Lipinski definition) is 7. The second-order valence-electron chi connectivity index (χ2n) is 7.77. The van der Waals surface area contributed by atoms with Crippen molar-refractivity contribution in [2.45, 2.75) is 17.5 Å². The van der Waals surface area contributed by atoms with E-state index >= 15 is 0 Å². The van der Waals surface area contributed by atoms with E-state index in [1.807, 2.05) is 60.7 Å². The van der Waals surface area contributed by atoms with Gasteiger partial charge in [0.15, 0.2) is 0 Å². The smallest absolute Gasteiger partial charge is 0.246 e. The van der Waals surface area contributed by atoms with Crippen LogP contribution in [0, 0.1) is 0 Å². The molecule has 8 nitrogen and oxygen atoms in total. The van der Waals surface area contributed by atoms with Crippen LogP contribution in [-0.4, -0.2) is 36.1 Å². The van der Waals surface area contributed by atoms with E-state index in [4.69, 9.17) is 16.6 Å². The highest BCUT2D eigenvalue weighted by Gasteiger charge is 2.14. The van der Waals surface area contributed by atoms with E-state index in [2.05, 4.69) is 25.8 Å². The average molecular weight is 514 g/mol. The van der Waals surface area contributed by atoms with Gasteiger partial charge in [0.25, 0.3) is 0 Å². The van der Waals surface area contributed by atoms with Crippen LogP contribution in [0.4, 0.5) is 5.69 Å². The predicted molar refractivity (Wildman–Crippen MR) is 140 cm³/mol. The monoisotopic (exact) mass is 513 g/mol. The summed E-state index contributed by atoms with van der Waals surface area (Å²) in [5.74, 6) is 0.275. The minimum Gasteiger partial charge on any atom is -0.324 e. The van der Waals surface area contributed by atoms with Gasteiger partial charge >= 0.3 is 0 Å². The van der Waals surface area contributed by atoms with Crippen LogP contribution in [-0.2, 0) is 17.1 Å². The second-order valence-corrected chi connectivity index (χ2v) is 9.15. The zero-order chi connectivity index (χ0) is 24.7. The molecule has 0 fully saturated rings. The SMILES string of the molecule is O=C(Cn1cc(CSc2nnc(-c3ccccc3)c(-c3ccccc3)n2)nn1)Nc1ccc(Cl)cc1. The molecule has 1 N–H and O–H groups in total. The number of halogens is 1. The van der Waals surface area contributed by atoms with Gasteiger partial charge < -0.3 is 5.32 Å². The fourth-order valence-corrected chi connectivity index (χ4v) is 4.25. The number of aromatic nitrogens is 6.